The first-order chi connectivity index (χ1) is 10.2. The number of nitrogens with one attached hydrogen (secondary N) is 1. The third kappa shape index (κ3) is 3.29. The molecule has 0 radical (unpaired) electrons. The lowest BCUT2D eigenvalue weighted by atomic mass is 9.84. The number of hydrogen-bond acceptors (Lipinski definition) is 5. The van der Waals surface area contributed by atoms with Crippen molar-refractivity contribution in [2.75, 3.05) is 13.7 Å². The second kappa shape index (κ2) is 7.36. The molecule has 0 amide bonds. The Morgan fingerprint density at radius 1 is 1.24 bits per heavy atom. The number of nitrogens with zero attached hydrogens (tertiary/aromatic N) is 2. The topological polar surface area (TPSA) is 60.2 Å². The van der Waals surface area contributed by atoms with E-state index in [1.165, 1.54) is 19.3 Å². The Morgan fingerprint density at radius 3 is 2.57 bits per heavy atom. The van der Waals surface area contributed by atoms with Gasteiger partial charge in [0.15, 0.2) is 0 Å². The molecular formula is C16H29N3O2. The van der Waals surface area contributed by atoms with Gasteiger partial charge in [-0.2, -0.15) is 4.98 Å². The maximum Gasteiger partial charge on any atom is 0.231 e. The van der Waals surface area contributed by atoms with Gasteiger partial charge < -0.3 is 14.6 Å². The van der Waals surface area contributed by atoms with E-state index in [-0.39, 0.29) is 0 Å². The number of hydrogen-bond donors (Lipinski definition) is 1. The molecule has 0 aliphatic heterocycles. The van der Waals surface area contributed by atoms with Crippen LogP contribution in [0.1, 0.15) is 76.9 Å². The Balaban J connectivity index is 2.21. The second-order valence-electron chi connectivity index (χ2n) is 5.92. The van der Waals surface area contributed by atoms with Gasteiger partial charge in [0.1, 0.15) is 5.60 Å². The molecule has 2 atom stereocenters. The molecule has 1 saturated carbocycles. The van der Waals surface area contributed by atoms with E-state index in [1.54, 1.807) is 7.11 Å². The van der Waals surface area contributed by atoms with Gasteiger partial charge in [-0.3, -0.25) is 0 Å². The summed E-state index contributed by atoms with van der Waals surface area (Å²) in [6.07, 6.45) is 6.52. The molecular weight excluding hydrogens is 266 g/mol. The monoisotopic (exact) mass is 295 g/mol. The molecule has 1 aliphatic carbocycles. The van der Waals surface area contributed by atoms with Gasteiger partial charge in [-0.05, 0) is 32.2 Å². The summed E-state index contributed by atoms with van der Waals surface area (Å²) >= 11 is 0. The highest BCUT2D eigenvalue weighted by Crippen LogP contribution is 2.35. The van der Waals surface area contributed by atoms with Crippen LogP contribution in [0.5, 0.6) is 0 Å². The first-order valence-corrected chi connectivity index (χ1v) is 8.33. The first-order valence-electron chi connectivity index (χ1n) is 8.33. The summed E-state index contributed by atoms with van der Waals surface area (Å²) in [6.45, 7) is 7.33. The second-order valence-corrected chi connectivity index (χ2v) is 5.92. The number of methoxy groups -OCH3 is 1. The van der Waals surface area contributed by atoms with Crippen molar-refractivity contribution in [1.29, 1.82) is 0 Å². The molecule has 1 heterocycles. The molecule has 2 rings (SSSR count). The molecule has 5 nitrogen and oxygen atoms in total. The molecule has 21 heavy (non-hydrogen) atoms. The summed E-state index contributed by atoms with van der Waals surface area (Å²) in [5, 5.41) is 7.80. The summed E-state index contributed by atoms with van der Waals surface area (Å²) in [5.74, 6) is 1.81. The highest BCUT2D eigenvalue weighted by atomic mass is 16.5. The van der Waals surface area contributed by atoms with E-state index in [4.69, 9.17) is 14.2 Å². The Kier molecular flexibility index (Phi) is 5.76. The lowest BCUT2D eigenvalue weighted by Gasteiger charge is -2.29. The van der Waals surface area contributed by atoms with E-state index < -0.39 is 5.60 Å². The van der Waals surface area contributed by atoms with Crippen molar-refractivity contribution in [2.45, 2.75) is 76.9 Å². The smallest absolute Gasteiger partial charge is 0.231 e. The van der Waals surface area contributed by atoms with Gasteiger partial charge in [0.25, 0.3) is 0 Å². The van der Waals surface area contributed by atoms with Crippen molar-refractivity contribution in [3.63, 3.8) is 0 Å². The van der Waals surface area contributed by atoms with Crippen molar-refractivity contribution in [1.82, 2.24) is 15.5 Å². The van der Waals surface area contributed by atoms with E-state index >= 15 is 0 Å². The fraction of sp³-hybridized carbons (Fsp3) is 0.875. The average molecular weight is 295 g/mol. The number of likely N-dealkylation sites (N-methyl/N-ethyl adjacent to an activating group) is 1. The normalized spacial score (nSPS) is 23.4. The Bertz CT molecular complexity index is 419. The summed E-state index contributed by atoms with van der Waals surface area (Å²) in [5.41, 5.74) is -0.413. The van der Waals surface area contributed by atoms with E-state index in [0.29, 0.717) is 17.8 Å². The summed E-state index contributed by atoms with van der Waals surface area (Å²) < 4.78 is 11.3. The molecule has 1 N–H and O–H groups in total. The largest absolute Gasteiger partial charge is 0.370 e. The zero-order valence-corrected chi connectivity index (χ0v) is 13.8. The molecule has 1 aromatic rings. The minimum atomic E-state index is -0.413. The van der Waals surface area contributed by atoms with Crippen molar-refractivity contribution < 1.29 is 9.26 Å². The maximum absolute atomic E-state index is 5.70. The lowest BCUT2D eigenvalue weighted by Crippen LogP contribution is -2.37. The Hall–Kier alpha value is -0.940. The molecule has 0 saturated heterocycles. The van der Waals surface area contributed by atoms with Crippen LogP contribution < -0.4 is 5.32 Å². The first kappa shape index (κ1) is 16.4. The minimum Gasteiger partial charge on any atom is -0.370 e. The molecule has 0 aromatic carbocycles. The van der Waals surface area contributed by atoms with Crippen molar-refractivity contribution in [3.05, 3.63) is 11.7 Å². The van der Waals surface area contributed by atoms with Crippen LogP contribution in [0, 0.1) is 0 Å². The predicted octanol–water partition coefficient (Wildman–Crippen LogP) is 3.37. The zero-order valence-electron chi connectivity index (χ0n) is 13.8. The maximum atomic E-state index is 5.70. The fourth-order valence-corrected chi connectivity index (χ4v) is 3.45. The van der Waals surface area contributed by atoms with Gasteiger partial charge in [0.05, 0.1) is 5.92 Å². The van der Waals surface area contributed by atoms with Crippen molar-refractivity contribution in [2.24, 2.45) is 0 Å². The third-order valence-electron chi connectivity index (χ3n) is 4.93. The molecule has 1 aliphatic rings. The fourth-order valence-electron chi connectivity index (χ4n) is 3.45. The number of aromatic nitrogens is 2. The van der Waals surface area contributed by atoms with E-state index in [1.807, 2.05) is 0 Å². The molecule has 1 fully saturated rings. The van der Waals surface area contributed by atoms with Gasteiger partial charge in [0, 0.05) is 13.2 Å². The van der Waals surface area contributed by atoms with Crippen LogP contribution in [-0.4, -0.2) is 29.8 Å². The highest BCUT2D eigenvalue weighted by molar-refractivity contribution is 5.06. The summed E-state index contributed by atoms with van der Waals surface area (Å²) in [7, 11) is 1.73. The molecule has 120 valence electrons. The SMILES string of the molecule is CCNC1CCCCC1c1nc(C(CC)(CC)OC)no1. The summed E-state index contributed by atoms with van der Waals surface area (Å²) in [4.78, 5) is 4.71. The van der Waals surface area contributed by atoms with Gasteiger partial charge in [0.2, 0.25) is 11.7 Å². The van der Waals surface area contributed by atoms with Gasteiger partial charge in [-0.25, -0.2) is 0 Å². The van der Waals surface area contributed by atoms with Crippen LogP contribution >= 0.6 is 0 Å². The van der Waals surface area contributed by atoms with Crippen molar-refractivity contribution in [3.8, 4) is 0 Å². The van der Waals surface area contributed by atoms with Crippen LogP contribution in [0.3, 0.4) is 0 Å². The van der Waals surface area contributed by atoms with Gasteiger partial charge in [-0.15, -0.1) is 0 Å². The van der Waals surface area contributed by atoms with Crippen molar-refractivity contribution >= 4 is 0 Å². The molecule has 0 spiro atoms. The van der Waals surface area contributed by atoms with Crippen LogP contribution in [-0.2, 0) is 10.3 Å². The summed E-state index contributed by atoms with van der Waals surface area (Å²) in [6, 6.07) is 0.456. The van der Waals surface area contributed by atoms with Crippen LogP contribution in [0.15, 0.2) is 4.52 Å². The Labute approximate surface area is 127 Å². The highest BCUT2D eigenvalue weighted by Gasteiger charge is 2.36. The van der Waals surface area contributed by atoms with Gasteiger partial charge >= 0.3 is 0 Å². The molecule has 5 heteroatoms. The quantitative estimate of drug-likeness (QED) is 0.835. The van der Waals surface area contributed by atoms with E-state index in [0.717, 1.165) is 31.7 Å². The average Bonchev–Trinajstić information content (AvgIpc) is 3.01. The molecule has 0 bridgehead atoms. The predicted molar refractivity (Wildman–Crippen MR) is 82.2 cm³/mol. The molecule has 2 unspecified atom stereocenters. The third-order valence-corrected chi connectivity index (χ3v) is 4.93. The number of rotatable bonds is 7. The standard InChI is InChI=1S/C16H29N3O2/c1-5-16(6-2,20-4)15-18-14(21-19-15)12-10-8-9-11-13(12)17-7-3/h12-13,17H,5-11H2,1-4H3. The minimum absolute atomic E-state index is 0.336. The van der Waals surface area contributed by atoms with E-state index in [9.17, 15) is 0 Å². The number of ether oxygens (including phenoxy) is 1. The van der Waals surface area contributed by atoms with Crippen LogP contribution in [0.4, 0.5) is 0 Å². The van der Waals surface area contributed by atoms with Crippen LogP contribution in [0.2, 0.25) is 0 Å². The van der Waals surface area contributed by atoms with E-state index in [2.05, 4.69) is 31.2 Å². The zero-order chi connectivity index (χ0) is 15.3. The Morgan fingerprint density at radius 2 is 1.95 bits per heavy atom. The molecule has 1 aromatic heterocycles. The van der Waals surface area contributed by atoms with Crippen LogP contribution in [0.25, 0.3) is 0 Å². The van der Waals surface area contributed by atoms with Gasteiger partial charge in [-0.1, -0.05) is 38.8 Å². The lowest BCUT2D eigenvalue weighted by molar-refractivity contribution is -0.0306.